The van der Waals surface area contributed by atoms with Crippen LogP contribution in [-0.2, 0) is 0 Å². The van der Waals surface area contributed by atoms with Gasteiger partial charge >= 0.3 is 0 Å². The van der Waals surface area contributed by atoms with Gasteiger partial charge in [0, 0.05) is 25.1 Å². The van der Waals surface area contributed by atoms with Gasteiger partial charge in [0.15, 0.2) is 0 Å². The van der Waals surface area contributed by atoms with Crippen molar-refractivity contribution in [3.63, 3.8) is 0 Å². The van der Waals surface area contributed by atoms with Crippen molar-refractivity contribution in [2.75, 3.05) is 26.2 Å². The first-order valence-corrected chi connectivity index (χ1v) is 9.95. The van der Waals surface area contributed by atoms with Gasteiger partial charge in [-0.05, 0) is 44.5 Å². The summed E-state index contributed by atoms with van der Waals surface area (Å²) in [7, 11) is 0. The van der Waals surface area contributed by atoms with E-state index in [4.69, 9.17) is 0 Å². The third-order valence-electron chi connectivity index (χ3n) is 6.44. The molecule has 0 spiro atoms. The SMILES string of the molecule is CCN1CCN(CC)C2C1C(C)=C[N@+]1(Br)C3=C(CCC=C3)C[C@@H]21. The Morgan fingerprint density at radius 3 is 2.70 bits per heavy atom. The third kappa shape index (κ3) is 2.25. The van der Waals surface area contributed by atoms with Crippen LogP contribution in [0.15, 0.2) is 35.2 Å². The molecule has 0 aromatic heterocycles. The van der Waals surface area contributed by atoms with Crippen LogP contribution in [0.1, 0.15) is 40.0 Å². The standard InChI is InChI=1S/C19H29BrN3/c1-4-21-10-11-22(5-2)19-17-12-15-8-6-7-9-16(15)23(17,20)13-14(3)18(19)21/h7,9,13,17-19H,4-6,8,10-12H2,1-3H3/q+1/t17-,18?,19?,23-/m0/s1. The first-order chi connectivity index (χ1) is 11.1. The third-order valence-corrected chi connectivity index (χ3v) is 7.55. The number of halogens is 1. The molecule has 1 saturated heterocycles. The van der Waals surface area contributed by atoms with E-state index >= 15 is 0 Å². The lowest BCUT2D eigenvalue weighted by Crippen LogP contribution is -2.69. The number of hydrogen-bond acceptors (Lipinski definition) is 2. The summed E-state index contributed by atoms with van der Waals surface area (Å²) in [6.45, 7) is 11.7. The highest BCUT2D eigenvalue weighted by molar-refractivity contribution is 9.05. The molecule has 23 heavy (non-hydrogen) atoms. The van der Waals surface area contributed by atoms with Crippen molar-refractivity contribution in [3.05, 3.63) is 35.2 Å². The number of hydrogen-bond donors (Lipinski definition) is 0. The van der Waals surface area contributed by atoms with Crippen molar-refractivity contribution in [1.29, 1.82) is 0 Å². The number of quaternary nitrogens is 1. The number of nitrogens with zero attached hydrogens (tertiary/aromatic N) is 3. The molecule has 0 bridgehead atoms. The molecule has 3 heterocycles. The Morgan fingerprint density at radius 2 is 1.96 bits per heavy atom. The second-order valence-corrected chi connectivity index (χ2v) is 8.63. The maximum Gasteiger partial charge on any atom is 0.239 e. The molecule has 126 valence electrons. The van der Waals surface area contributed by atoms with Crippen LogP contribution >= 0.6 is 16.1 Å². The molecule has 0 aromatic rings. The van der Waals surface area contributed by atoms with Gasteiger partial charge in [-0.1, -0.05) is 19.9 Å². The fourth-order valence-corrected chi connectivity index (χ4v) is 6.48. The minimum Gasteiger partial charge on any atom is -0.294 e. The number of likely N-dealkylation sites (N-methyl/N-ethyl adjacent to an activating group) is 2. The zero-order valence-corrected chi connectivity index (χ0v) is 16.2. The average molecular weight is 379 g/mol. The molecule has 4 aliphatic rings. The van der Waals surface area contributed by atoms with Gasteiger partial charge in [0.2, 0.25) is 16.1 Å². The predicted octanol–water partition coefficient (Wildman–Crippen LogP) is 3.80. The second-order valence-electron chi connectivity index (χ2n) is 7.45. The van der Waals surface area contributed by atoms with Crippen molar-refractivity contribution in [3.8, 4) is 0 Å². The van der Waals surface area contributed by atoms with Crippen LogP contribution in [0.25, 0.3) is 0 Å². The fourth-order valence-electron chi connectivity index (χ4n) is 5.40. The van der Waals surface area contributed by atoms with Crippen molar-refractivity contribution < 1.29 is 3.51 Å². The summed E-state index contributed by atoms with van der Waals surface area (Å²) in [4.78, 5) is 5.45. The highest BCUT2D eigenvalue weighted by Gasteiger charge is 2.58. The highest BCUT2D eigenvalue weighted by Crippen LogP contribution is 2.52. The van der Waals surface area contributed by atoms with Gasteiger partial charge in [-0.3, -0.25) is 9.80 Å². The molecule has 2 unspecified atom stereocenters. The molecule has 4 atom stereocenters. The molecule has 4 rings (SSSR count). The van der Waals surface area contributed by atoms with Crippen LogP contribution in [-0.4, -0.2) is 57.6 Å². The number of fused-ring (bicyclic) bond motifs is 4. The Kier molecular flexibility index (Phi) is 4.08. The van der Waals surface area contributed by atoms with Gasteiger partial charge in [-0.25, -0.2) is 0 Å². The van der Waals surface area contributed by atoms with Gasteiger partial charge in [0.25, 0.3) is 0 Å². The van der Waals surface area contributed by atoms with Crippen LogP contribution in [0.2, 0.25) is 0 Å². The Labute approximate surface area is 149 Å². The lowest BCUT2D eigenvalue weighted by molar-refractivity contribution is -0.711. The van der Waals surface area contributed by atoms with E-state index in [0.717, 1.165) is 16.6 Å². The molecule has 1 aliphatic carbocycles. The maximum absolute atomic E-state index is 4.17. The summed E-state index contributed by atoms with van der Waals surface area (Å²) >= 11 is 4.17. The van der Waals surface area contributed by atoms with E-state index < -0.39 is 0 Å². The molecule has 3 nitrogen and oxygen atoms in total. The molecule has 0 radical (unpaired) electrons. The summed E-state index contributed by atoms with van der Waals surface area (Å²) in [6.07, 6.45) is 11.0. The molecule has 0 N–H and O–H groups in total. The van der Waals surface area contributed by atoms with Crippen molar-refractivity contribution in [1.82, 2.24) is 9.80 Å². The summed E-state index contributed by atoms with van der Waals surface area (Å²) in [5.41, 5.74) is 4.74. The monoisotopic (exact) mass is 378 g/mol. The Morgan fingerprint density at radius 1 is 1.22 bits per heavy atom. The molecule has 0 aromatic carbocycles. The summed E-state index contributed by atoms with van der Waals surface area (Å²) in [5, 5.41) is 0. The van der Waals surface area contributed by atoms with E-state index in [1.807, 2.05) is 0 Å². The zero-order valence-electron chi connectivity index (χ0n) is 14.6. The largest absolute Gasteiger partial charge is 0.294 e. The van der Waals surface area contributed by atoms with E-state index in [-0.39, 0.29) is 0 Å². The summed E-state index contributed by atoms with van der Waals surface area (Å²) in [5.74, 6) is 0. The van der Waals surface area contributed by atoms with E-state index in [0.29, 0.717) is 18.1 Å². The number of piperazine rings is 1. The maximum atomic E-state index is 4.17. The van der Waals surface area contributed by atoms with Gasteiger partial charge in [0.1, 0.15) is 17.9 Å². The molecule has 0 amide bonds. The summed E-state index contributed by atoms with van der Waals surface area (Å²) < 4.78 is 0.861. The van der Waals surface area contributed by atoms with Gasteiger partial charge in [-0.15, -0.1) is 0 Å². The molecule has 3 aliphatic heterocycles. The Hall–Kier alpha value is -0.420. The first-order valence-electron chi connectivity index (χ1n) is 9.24. The lowest BCUT2D eigenvalue weighted by Gasteiger charge is -2.54. The second kappa shape index (κ2) is 5.83. The minimum absolute atomic E-state index is 0.591. The molecule has 0 saturated carbocycles. The van der Waals surface area contributed by atoms with Crippen molar-refractivity contribution in [2.45, 2.75) is 58.2 Å². The van der Waals surface area contributed by atoms with E-state index in [1.165, 1.54) is 43.6 Å². The summed E-state index contributed by atoms with van der Waals surface area (Å²) in [6, 6.07) is 1.83. The highest BCUT2D eigenvalue weighted by atomic mass is 79.9. The lowest BCUT2D eigenvalue weighted by atomic mass is 9.84. The Balaban J connectivity index is 1.80. The van der Waals surface area contributed by atoms with Crippen molar-refractivity contribution >= 4 is 16.1 Å². The molecule has 1 fully saturated rings. The molecular formula is C19H29BrN3+. The van der Waals surface area contributed by atoms with Crippen molar-refractivity contribution in [2.24, 2.45) is 0 Å². The van der Waals surface area contributed by atoms with Crippen LogP contribution < -0.4 is 0 Å². The minimum atomic E-state index is 0.591. The Bertz CT molecular complexity index is 593. The topological polar surface area (TPSA) is 6.48 Å². The van der Waals surface area contributed by atoms with Crippen LogP contribution in [0, 0.1) is 0 Å². The fraction of sp³-hybridized carbons (Fsp3) is 0.684. The smallest absolute Gasteiger partial charge is 0.239 e. The first kappa shape index (κ1) is 16.1. The molecule has 4 heteroatoms. The quantitative estimate of drug-likeness (QED) is 0.674. The normalized spacial score (nSPS) is 40.7. The van der Waals surface area contributed by atoms with E-state index in [9.17, 15) is 0 Å². The average Bonchev–Trinajstić information content (AvgIpc) is 2.86. The zero-order chi connectivity index (χ0) is 16.2. The van der Waals surface area contributed by atoms with Crippen LogP contribution in [0.5, 0.6) is 0 Å². The number of rotatable bonds is 2. The number of allylic oxidation sites excluding steroid dienone is 2. The molecular weight excluding hydrogens is 350 g/mol. The van der Waals surface area contributed by atoms with Crippen LogP contribution in [0.4, 0.5) is 0 Å². The van der Waals surface area contributed by atoms with Gasteiger partial charge in [0.05, 0.1) is 12.1 Å². The van der Waals surface area contributed by atoms with E-state index in [1.54, 1.807) is 5.57 Å². The van der Waals surface area contributed by atoms with Crippen LogP contribution in [0.3, 0.4) is 0 Å². The predicted molar refractivity (Wildman–Crippen MR) is 98.8 cm³/mol. The van der Waals surface area contributed by atoms with Gasteiger partial charge < -0.3 is 0 Å². The van der Waals surface area contributed by atoms with Gasteiger partial charge in [-0.2, -0.15) is 3.51 Å². The van der Waals surface area contributed by atoms with E-state index in [2.05, 4.69) is 65.1 Å².